The lowest BCUT2D eigenvalue weighted by molar-refractivity contribution is 0.506. The highest BCUT2D eigenvalue weighted by Gasteiger charge is 2.14. The fraction of sp³-hybridized carbons (Fsp3) is 0.571. The average Bonchev–Trinajstić information content (AvgIpc) is 2.36. The van der Waals surface area contributed by atoms with Crippen molar-refractivity contribution in [3.63, 3.8) is 0 Å². The highest BCUT2D eigenvalue weighted by molar-refractivity contribution is 7.91. The zero-order valence-electron chi connectivity index (χ0n) is 11.8. The van der Waals surface area contributed by atoms with Crippen molar-refractivity contribution in [2.24, 2.45) is 0 Å². The van der Waals surface area contributed by atoms with Gasteiger partial charge in [0.2, 0.25) is 0 Å². The van der Waals surface area contributed by atoms with Gasteiger partial charge in [0.05, 0.1) is 5.75 Å². The lowest BCUT2D eigenvalue weighted by atomic mass is 10.0. The first-order valence-corrected chi connectivity index (χ1v) is 9.35. The van der Waals surface area contributed by atoms with Crippen LogP contribution in [0.25, 0.3) is 0 Å². The first-order valence-electron chi connectivity index (χ1n) is 6.77. The van der Waals surface area contributed by atoms with Crippen LogP contribution in [0, 0.1) is 0 Å². The molecule has 3 nitrogen and oxygen atoms in total. The predicted molar refractivity (Wildman–Crippen MR) is 86.4 cm³/mol. The molecule has 0 aliphatic heterocycles. The first-order chi connectivity index (χ1) is 9.38. The fourth-order valence-corrected chi connectivity index (χ4v) is 3.50. The van der Waals surface area contributed by atoms with Gasteiger partial charge in [0.15, 0.2) is 0 Å². The number of hydrogen-bond acceptors (Lipinski definition) is 3. The van der Waals surface area contributed by atoms with E-state index in [1.165, 1.54) is 0 Å². The topological polar surface area (TPSA) is 46.2 Å². The van der Waals surface area contributed by atoms with E-state index in [1.54, 1.807) is 13.0 Å². The third kappa shape index (κ3) is 6.00. The van der Waals surface area contributed by atoms with Gasteiger partial charge in [-0.1, -0.05) is 37.0 Å². The van der Waals surface area contributed by atoms with Crippen molar-refractivity contribution in [1.82, 2.24) is 5.32 Å². The predicted octanol–water partition coefficient (Wildman–Crippen LogP) is 3.86. The van der Waals surface area contributed by atoms with Crippen LogP contribution in [0.1, 0.15) is 38.3 Å². The van der Waals surface area contributed by atoms with Crippen LogP contribution in [0.15, 0.2) is 18.2 Å². The summed E-state index contributed by atoms with van der Waals surface area (Å²) in [6.45, 7) is 4.49. The molecule has 1 N–H and O–H groups in total. The molecule has 6 heteroatoms. The van der Waals surface area contributed by atoms with Gasteiger partial charge in [-0.05, 0) is 43.1 Å². The molecule has 1 aromatic carbocycles. The van der Waals surface area contributed by atoms with Gasteiger partial charge >= 0.3 is 0 Å². The van der Waals surface area contributed by atoms with Gasteiger partial charge in [0.25, 0.3) is 0 Å². The Labute approximate surface area is 131 Å². The summed E-state index contributed by atoms with van der Waals surface area (Å²) in [4.78, 5) is 0. The average molecular weight is 338 g/mol. The second-order valence-corrected chi connectivity index (χ2v) is 8.04. The van der Waals surface area contributed by atoms with Crippen molar-refractivity contribution in [3.05, 3.63) is 33.8 Å². The van der Waals surface area contributed by atoms with E-state index < -0.39 is 9.84 Å². The highest BCUT2D eigenvalue weighted by Crippen LogP contribution is 2.26. The smallest absolute Gasteiger partial charge is 0.150 e. The van der Waals surface area contributed by atoms with E-state index in [4.69, 9.17) is 23.2 Å². The Balaban J connectivity index is 2.73. The van der Waals surface area contributed by atoms with Gasteiger partial charge in [-0.25, -0.2) is 8.42 Å². The second-order valence-electron chi connectivity index (χ2n) is 4.69. The van der Waals surface area contributed by atoms with Gasteiger partial charge in [0.1, 0.15) is 9.84 Å². The van der Waals surface area contributed by atoms with Crippen LogP contribution < -0.4 is 5.32 Å². The molecular formula is C14H21Cl2NO2S. The molecule has 0 spiro atoms. The van der Waals surface area contributed by atoms with E-state index in [9.17, 15) is 8.42 Å². The summed E-state index contributed by atoms with van der Waals surface area (Å²) in [6, 6.07) is 5.50. The molecule has 0 aliphatic rings. The lowest BCUT2D eigenvalue weighted by Crippen LogP contribution is -2.22. The van der Waals surface area contributed by atoms with E-state index in [-0.39, 0.29) is 17.5 Å². The Kier molecular flexibility index (Phi) is 7.30. The molecule has 0 saturated carbocycles. The molecule has 20 heavy (non-hydrogen) atoms. The number of hydrogen-bond donors (Lipinski definition) is 1. The van der Waals surface area contributed by atoms with Crippen LogP contribution in [0.5, 0.6) is 0 Å². The number of halogens is 2. The lowest BCUT2D eigenvalue weighted by Gasteiger charge is -2.19. The maximum atomic E-state index is 11.5. The molecule has 1 aromatic rings. The van der Waals surface area contributed by atoms with Gasteiger partial charge in [-0.3, -0.25) is 0 Å². The minimum absolute atomic E-state index is 0.0725. The van der Waals surface area contributed by atoms with Crippen LogP contribution in [-0.2, 0) is 9.84 Å². The Bertz CT molecular complexity index is 512. The molecule has 0 saturated heterocycles. The van der Waals surface area contributed by atoms with Gasteiger partial charge in [0, 0.05) is 21.8 Å². The Morgan fingerprint density at radius 2 is 1.75 bits per heavy atom. The summed E-state index contributed by atoms with van der Waals surface area (Å²) < 4.78 is 23.0. The van der Waals surface area contributed by atoms with E-state index >= 15 is 0 Å². The number of nitrogens with one attached hydrogen (secondary N) is 1. The Morgan fingerprint density at radius 1 is 1.15 bits per heavy atom. The monoisotopic (exact) mass is 337 g/mol. The zero-order valence-corrected chi connectivity index (χ0v) is 14.2. The largest absolute Gasteiger partial charge is 0.310 e. The first kappa shape index (κ1) is 17.8. The Hall–Kier alpha value is -0.290. The summed E-state index contributed by atoms with van der Waals surface area (Å²) in [6.07, 6.45) is 1.36. The molecule has 114 valence electrons. The maximum Gasteiger partial charge on any atom is 0.150 e. The number of rotatable bonds is 8. The maximum absolute atomic E-state index is 11.5. The van der Waals surface area contributed by atoms with Crippen LogP contribution >= 0.6 is 23.2 Å². The van der Waals surface area contributed by atoms with Crippen LogP contribution in [0.3, 0.4) is 0 Å². The summed E-state index contributed by atoms with van der Waals surface area (Å²) in [5, 5.41) is 4.53. The summed E-state index contributed by atoms with van der Waals surface area (Å²) in [5.74, 6) is 0.418. The van der Waals surface area contributed by atoms with Crippen LogP contribution in [-0.4, -0.2) is 26.5 Å². The highest BCUT2D eigenvalue weighted by atomic mass is 35.5. The van der Waals surface area contributed by atoms with Crippen molar-refractivity contribution in [2.75, 3.05) is 18.1 Å². The van der Waals surface area contributed by atoms with Gasteiger partial charge in [-0.2, -0.15) is 0 Å². The summed E-state index contributed by atoms with van der Waals surface area (Å²) in [7, 11) is -2.91. The zero-order chi connectivity index (χ0) is 15.2. The van der Waals surface area contributed by atoms with Gasteiger partial charge in [-0.15, -0.1) is 0 Å². The quantitative estimate of drug-likeness (QED) is 0.783. The van der Waals surface area contributed by atoms with Crippen LogP contribution in [0.4, 0.5) is 0 Å². The molecule has 0 aliphatic carbocycles. The van der Waals surface area contributed by atoms with E-state index in [0.29, 0.717) is 16.5 Å². The Morgan fingerprint density at radius 3 is 2.25 bits per heavy atom. The normalized spacial score (nSPS) is 13.4. The molecule has 0 fully saturated rings. The SMILES string of the molecule is CCNC(CCCS(=O)(=O)CC)c1cc(Cl)cc(Cl)c1. The third-order valence-electron chi connectivity index (χ3n) is 3.13. The molecule has 1 rings (SSSR count). The molecule has 0 radical (unpaired) electrons. The summed E-state index contributed by atoms with van der Waals surface area (Å²) in [5.41, 5.74) is 0.998. The fourth-order valence-electron chi connectivity index (χ4n) is 2.06. The minimum atomic E-state index is -2.91. The van der Waals surface area contributed by atoms with Crippen molar-refractivity contribution >= 4 is 33.0 Å². The van der Waals surface area contributed by atoms with E-state index in [2.05, 4.69) is 5.32 Å². The van der Waals surface area contributed by atoms with E-state index in [0.717, 1.165) is 18.5 Å². The molecule has 1 unspecified atom stereocenters. The second kappa shape index (κ2) is 8.23. The number of sulfone groups is 1. The van der Waals surface area contributed by atoms with Crippen molar-refractivity contribution in [3.8, 4) is 0 Å². The number of benzene rings is 1. The van der Waals surface area contributed by atoms with Crippen molar-refractivity contribution in [2.45, 2.75) is 32.7 Å². The minimum Gasteiger partial charge on any atom is -0.310 e. The van der Waals surface area contributed by atoms with Crippen molar-refractivity contribution in [1.29, 1.82) is 0 Å². The molecular weight excluding hydrogens is 317 g/mol. The van der Waals surface area contributed by atoms with E-state index in [1.807, 2.05) is 19.1 Å². The molecule has 0 aromatic heterocycles. The standard InChI is InChI=1S/C14H21Cl2NO2S/c1-3-17-14(6-5-7-20(18,19)4-2)11-8-12(15)10-13(16)9-11/h8-10,14,17H,3-7H2,1-2H3. The van der Waals surface area contributed by atoms with Crippen molar-refractivity contribution < 1.29 is 8.42 Å². The third-order valence-corrected chi connectivity index (χ3v) is 5.35. The van der Waals surface area contributed by atoms with Crippen LogP contribution in [0.2, 0.25) is 10.0 Å². The molecule has 0 bridgehead atoms. The molecule has 1 atom stereocenters. The van der Waals surface area contributed by atoms with Gasteiger partial charge < -0.3 is 5.32 Å². The molecule has 0 heterocycles. The molecule has 0 amide bonds. The summed E-state index contributed by atoms with van der Waals surface area (Å²) >= 11 is 12.0.